The predicted octanol–water partition coefficient (Wildman–Crippen LogP) is 6.02. The van der Waals surface area contributed by atoms with Gasteiger partial charge in [0.05, 0.1) is 11.3 Å². The van der Waals surface area contributed by atoms with Gasteiger partial charge in [0, 0.05) is 22.5 Å². The molecular weight excluding hydrogens is 399 g/mol. The van der Waals surface area contributed by atoms with Crippen LogP contribution in [0.5, 0.6) is 0 Å². The minimum Gasteiger partial charge on any atom is -0.307 e. The Kier molecular flexibility index (Phi) is 5.67. The normalized spacial score (nSPS) is 18.8. The number of carbonyl (C=O) groups excluding carboxylic acids is 1. The van der Waals surface area contributed by atoms with Crippen molar-refractivity contribution in [2.75, 3.05) is 11.9 Å². The molecule has 4 nitrogen and oxygen atoms in total. The molecule has 3 rings (SSSR count). The Morgan fingerprint density at radius 2 is 1.96 bits per heavy atom. The lowest BCUT2D eigenvalue weighted by Crippen LogP contribution is -2.36. The smallest absolute Gasteiger partial charge is 0.307 e. The van der Waals surface area contributed by atoms with E-state index in [2.05, 4.69) is 10.3 Å². The molecule has 0 saturated carbocycles. The van der Waals surface area contributed by atoms with Gasteiger partial charge in [-0.1, -0.05) is 36.4 Å². The maximum atomic E-state index is 12.8. The summed E-state index contributed by atoms with van der Waals surface area (Å²) in [6.45, 7) is 2.35. The van der Waals surface area contributed by atoms with Gasteiger partial charge in [-0.15, -0.1) is 0 Å². The lowest BCUT2D eigenvalue weighted by Gasteiger charge is -2.17. The van der Waals surface area contributed by atoms with Crippen LogP contribution in [0.3, 0.4) is 0 Å². The zero-order chi connectivity index (χ0) is 19.6. The average molecular weight is 414 g/mol. The molecule has 1 saturated heterocycles. The summed E-state index contributed by atoms with van der Waals surface area (Å²) in [5.41, 5.74) is -0.113. The van der Waals surface area contributed by atoms with E-state index in [0.29, 0.717) is 22.4 Å². The second-order valence-electron chi connectivity index (χ2n) is 5.92. The minimum absolute atomic E-state index is 0.0743. The van der Waals surface area contributed by atoms with Gasteiger partial charge in [-0.3, -0.25) is 4.90 Å². The molecule has 1 aliphatic rings. The molecule has 1 heterocycles. The van der Waals surface area contributed by atoms with Crippen molar-refractivity contribution in [1.82, 2.24) is 4.90 Å². The van der Waals surface area contributed by atoms with Crippen LogP contribution in [0.15, 0.2) is 53.5 Å². The van der Waals surface area contributed by atoms with Gasteiger partial charge < -0.3 is 5.32 Å². The van der Waals surface area contributed by atoms with E-state index in [-0.39, 0.29) is 10.9 Å². The number of amides is 2. The topological polar surface area (TPSA) is 44.7 Å². The molecule has 0 radical (unpaired) electrons. The quantitative estimate of drug-likeness (QED) is 0.654. The van der Waals surface area contributed by atoms with Crippen LogP contribution in [0.4, 0.5) is 29.3 Å². The molecule has 1 fully saturated rings. The average Bonchev–Trinajstić information content (AvgIpc) is 2.97. The van der Waals surface area contributed by atoms with Gasteiger partial charge in [0.2, 0.25) is 0 Å². The van der Waals surface area contributed by atoms with E-state index in [4.69, 9.17) is 11.6 Å². The molecule has 9 heteroatoms. The van der Waals surface area contributed by atoms with Crippen LogP contribution in [0.25, 0.3) is 0 Å². The Morgan fingerprint density at radius 1 is 1.26 bits per heavy atom. The van der Waals surface area contributed by atoms with Crippen molar-refractivity contribution in [3.05, 3.63) is 59.1 Å². The molecule has 0 spiro atoms. The fraction of sp³-hybridized carbons (Fsp3) is 0.222. The number of aliphatic imine (C=N–C) groups is 1. The second-order valence-corrected chi connectivity index (χ2v) is 7.76. The Hall–Kier alpha value is -2.19. The van der Waals surface area contributed by atoms with E-state index in [0.717, 1.165) is 12.1 Å². The van der Waals surface area contributed by atoms with E-state index in [1.165, 1.54) is 28.8 Å². The van der Waals surface area contributed by atoms with Crippen molar-refractivity contribution in [2.45, 2.75) is 18.3 Å². The van der Waals surface area contributed by atoms with Crippen molar-refractivity contribution in [2.24, 2.45) is 4.99 Å². The molecular formula is C18H15ClF3N3OS. The number of amidine groups is 1. The maximum Gasteiger partial charge on any atom is 0.416 e. The third-order valence-corrected chi connectivity index (χ3v) is 5.04. The molecule has 1 unspecified atom stereocenters. The van der Waals surface area contributed by atoms with Crippen LogP contribution < -0.4 is 5.32 Å². The summed E-state index contributed by atoms with van der Waals surface area (Å²) < 4.78 is 38.5. The van der Waals surface area contributed by atoms with Gasteiger partial charge in [-0.25, -0.2) is 9.79 Å². The number of nitrogens with zero attached hydrogens (tertiary/aromatic N) is 2. The standard InChI is InChI=1S/C18H15ClF3N3OS/c1-11-10-25(17(27-11)24-14-7-5-13(19)6-8-14)16(26)23-15-4-2-3-12(9-15)18(20,21)22/h2-9,11H,10H2,1H3,(H,23,26). The lowest BCUT2D eigenvalue weighted by atomic mass is 10.2. The molecule has 0 aliphatic carbocycles. The maximum absolute atomic E-state index is 12.8. The Bertz CT molecular complexity index is 871. The van der Waals surface area contributed by atoms with Crippen LogP contribution in [-0.4, -0.2) is 27.9 Å². The number of hydrogen-bond acceptors (Lipinski definition) is 3. The summed E-state index contributed by atoms with van der Waals surface area (Å²) >= 11 is 7.28. The van der Waals surface area contributed by atoms with Crippen LogP contribution >= 0.6 is 23.4 Å². The van der Waals surface area contributed by atoms with E-state index in [9.17, 15) is 18.0 Å². The Labute approximate surface area is 163 Å². The van der Waals surface area contributed by atoms with Crippen LogP contribution in [-0.2, 0) is 6.18 Å². The highest BCUT2D eigenvalue weighted by molar-refractivity contribution is 8.14. The Morgan fingerprint density at radius 3 is 2.63 bits per heavy atom. The zero-order valence-electron chi connectivity index (χ0n) is 14.1. The summed E-state index contributed by atoms with van der Waals surface area (Å²) in [6.07, 6.45) is -4.47. The van der Waals surface area contributed by atoms with Crippen LogP contribution in [0.1, 0.15) is 12.5 Å². The number of carbonyl (C=O) groups is 1. The largest absolute Gasteiger partial charge is 0.416 e. The van der Waals surface area contributed by atoms with Gasteiger partial charge in [0.1, 0.15) is 0 Å². The van der Waals surface area contributed by atoms with Gasteiger partial charge in [-0.05, 0) is 42.5 Å². The number of anilines is 1. The fourth-order valence-corrected chi connectivity index (χ4v) is 3.62. The fourth-order valence-electron chi connectivity index (χ4n) is 2.46. The molecule has 27 heavy (non-hydrogen) atoms. The van der Waals surface area contributed by atoms with Crippen molar-refractivity contribution < 1.29 is 18.0 Å². The minimum atomic E-state index is -4.47. The predicted molar refractivity (Wildman–Crippen MR) is 103 cm³/mol. The lowest BCUT2D eigenvalue weighted by molar-refractivity contribution is -0.137. The van der Waals surface area contributed by atoms with E-state index < -0.39 is 17.8 Å². The van der Waals surface area contributed by atoms with Gasteiger partial charge >= 0.3 is 12.2 Å². The van der Waals surface area contributed by atoms with Crippen LogP contribution in [0.2, 0.25) is 5.02 Å². The van der Waals surface area contributed by atoms with Crippen molar-refractivity contribution in [1.29, 1.82) is 0 Å². The van der Waals surface area contributed by atoms with E-state index in [1.54, 1.807) is 24.3 Å². The number of thioether (sulfide) groups is 1. The summed E-state index contributed by atoms with van der Waals surface area (Å²) in [7, 11) is 0. The molecule has 1 aliphatic heterocycles. The third kappa shape index (κ3) is 4.95. The number of benzene rings is 2. The first kappa shape index (κ1) is 19.6. The molecule has 2 aromatic carbocycles. The highest BCUT2D eigenvalue weighted by Crippen LogP contribution is 2.32. The van der Waals surface area contributed by atoms with Gasteiger partial charge in [0.25, 0.3) is 0 Å². The summed E-state index contributed by atoms with van der Waals surface area (Å²) in [5, 5.41) is 3.68. The monoisotopic (exact) mass is 413 g/mol. The number of urea groups is 1. The van der Waals surface area contributed by atoms with Crippen molar-refractivity contribution in [3.8, 4) is 0 Å². The van der Waals surface area contributed by atoms with E-state index >= 15 is 0 Å². The molecule has 1 atom stereocenters. The molecule has 2 amide bonds. The number of rotatable bonds is 2. The number of alkyl halides is 3. The Balaban J connectivity index is 1.79. The van der Waals surface area contributed by atoms with Crippen LogP contribution in [0, 0.1) is 0 Å². The summed E-state index contributed by atoms with van der Waals surface area (Å²) in [4.78, 5) is 18.5. The molecule has 0 aromatic heterocycles. The van der Waals surface area contributed by atoms with E-state index in [1.807, 2.05) is 6.92 Å². The van der Waals surface area contributed by atoms with Crippen molar-refractivity contribution in [3.63, 3.8) is 0 Å². The van der Waals surface area contributed by atoms with Gasteiger partial charge in [-0.2, -0.15) is 13.2 Å². The molecule has 142 valence electrons. The summed E-state index contributed by atoms with van der Waals surface area (Å²) in [5.74, 6) is 0. The number of nitrogens with one attached hydrogen (secondary N) is 1. The first-order valence-corrected chi connectivity index (χ1v) is 9.25. The zero-order valence-corrected chi connectivity index (χ0v) is 15.7. The molecule has 2 aromatic rings. The molecule has 0 bridgehead atoms. The summed E-state index contributed by atoms with van der Waals surface area (Å²) in [6, 6.07) is 10.8. The SMILES string of the molecule is CC1CN(C(=O)Nc2cccc(C(F)(F)F)c2)C(=Nc2ccc(Cl)cc2)S1. The first-order chi connectivity index (χ1) is 12.7. The highest BCUT2D eigenvalue weighted by atomic mass is 35.5. The first-order valence-electron chi connectivity index (χ1n) is 7.99. The molecule has 1 N–H and O–H groups in total. The highest BCUT2D eigenvalue weighted by Gasteiger charge is 2.32. The van der Waals surface area contributed by atoms with Gasteiger partial charge in [0.15, 0.2) is 5.17 Å². The number of hydrogen-bond donors (Lipinski definition) is 1. The van der Waals surface area contributed by atoms with Crippen molar-refractivity contribution >= 4 is 45.9 Å². The third-order valence-electron chi connectivity index (χ3n) is 3.71. The number of halogens is 4. The second kappa shape index (κ2) is 7.82.